The Morgan fingerprint density at radius 1 is 1.69 bits per heavy atom. The highest BCUT2D eigenvalue weighted by atomic mass is 32.1. The molecule has 1 aromatic heterocycles. The highest BCUT2D eigenvalue weighted by Gasteiger charge is 2.32. The number of hydrogen-bond donors (Lipinski definition) is 1. The van der Waals surface area contributed by atoms with Crippen molar-refractivity contribution in [1.82, 2.24) is 4.90 Å². The molecule has 1 atom stereocenters. The molecular weight excluding hydrogens is 230 g/mol. The molecular formula is C10H11NO4S. The van der Waals surface area contributed by atoms with Crippen LogP contribution in [0.15, 0.2) is 17.5 Å². The molecule has 16 heavy (non-hydrogen) atoms. The Balaban J connectivity index is 1.94. The van der Waals surface area contributed by atoms with Gasteiger partial charge in [0.05, 0.1) is 13.0 Å². The number of thiophene rings is 1. The van der Waals surface area contributed by atoms with Crippen molar-refractivity contribution in [3.8, 4) is 0 Å². The summed E-state index contributed by atoms with van der Waals surface area (Å²) in [6, 6.07) is 3.80. The van der Waals surface area contributed by atoms with E-state index in [4.69, 9.17) is 9.84 Å². The van der Waals surface area contributed by atoms with E-state index in [9.17, 15) is 9.59 Å². The molecule has 2 rings (SSSR count). The van der Waals surface area contributed by atoms with E-state index in [-0.39, 0.29) is 19.1 Å². The molecule has 0 aromatic carbocycles. The maximum absolute atomic E-state index is 11.4. The number of hydrogen-bond acceptors (Lipinski definition) is 4. The van der Waals surface area contributed by atoms with E-state index in [0.717, 1.165) is 4.88 Å². The number of carbonyl (C=O) groups excluding carboxylic acids is 1. The number of rotatable bonds is 4. The molecule has 5 nitrogen and oxygen atoms in total. The van der Waals surface area contributed by atoms with Crippen molar-refractivity contribution >= 4 is 23.4 Å². The lowest BCUT2D eigenvalue weighted by Crippen LogP contribution is -2.27. The quantitative estimate of drug-likeness (QED) is 0.871. The molecule has 1 amide bonds. The van der Waals surface area contributed by atoms with E-state index in [2.05, 4.69) is 0 Å². The number of ether oxygens (including phenoxy) is 1. The lowest BCUT2D eigenvalue weighted by molar-refractivity contribution is -0.137. The van der Waals surface area contributed by atoms with E-state index in [1.807, 2.05) is 17.5 Å². The Bertz CT molecular complexity index is 390. The lowest BCUT2D eigenvalue weighted by atomic mass is 10.3. The maximum atomic E-state index is 11.4. The van der Waals surface area contributed by atoms with Crippen molar-refractivity contribution < 1.29 is 19.4 Å². The van der Waals surface area contributed by atoms with Crippen LogP contribution < -0.4 is 0 Å². The molecule has 1 N–H and O–H groups in total. The first-order valence-electron chi connectivity index (χ1n) is 4.87. The van der Waals surface area contributed by atoms with Gasteiger partial charge >= 0.3 is 12.1 Å². The fraction of sp³-hybridized carbons (Fsp3) is 0.400. The topological polar surface area (TPSA) is 66.8 Å². The molecule has 0 saturated carbocycles. The average molecular weight is 241 g/mol. The van der Waals surface area contributed by atoms with Crippen molar-refractivity contribution in [2.75, 3.05) is 13.1 Å². The van der Waals surface area contributed by atoms with Gasteiger partial charge in [-0.3, -0.25) is 4.79 Å². The minimum Gasteiger partial charge on any atom is -0.481 e. The second-order valence-electron chi connectivity index (χ2n) is 3.48. The summed E-state index contributed by atoms with van der Waals surface area (Å²) in [6.07, 6.45) is -0.729. The number of carbonyl (C=O) groups is 2. The third-order valence-electron chi connectivity index (χ3n) is 2.34. The first kappa shape index (κ1) is 10.9. The zero-order chi connectivity index (χ0) is 11.5. The number of carboxylic acid groups (broad SMARTS) is 1. The Hall–Kier alpha value is -1.56. The Morgan fingerprint density at radius 2 is 2.50 bits per heavy atom. The molecule has 6 heteroatoms. The first-order chi connectivity index (χ1) is 7.66. The van der Waals surface area contributed by atoms with Gasteiger partial charge in [0, 0.05) is 11.4 Å². The van der Waals surface area contributed by atoms with Crippen molar-refractivity contribution in [3.63, 3.8) is 0 Å². The van der Waals surface area contributed by atoms with Crippen LogP contribution in [0.25, 0.3) is 0 Å². The first-order valence-corrected chi connectivity index (χ1v) is 5.75. The number of cyclic esters (lactones) is 1. The van der Waals surface area contributed by atoms with Crippen molar-refractivity contribution in [2.24, 2.45) is 0 Å². The zero-order valence-corrected chi connectivity index (χ0v) is 9.27. The standard InChI is InChI=1S/C10H11NO4S/c12-9(13)3-4-11-6-7(15-10(11)14)8-2-1-5-16-8/h1-2,5,7H,3-4,6H2,(H,12,13). The van der Waals surface area contributed by atoms with E-state index in [1.165, 1.54) is 16.2 Å². The van der Waals surface area contributed by atoms with Crippen LogP contribution in [0.5, 0.6) is 0 Å². The summed E-state index contributed by atoms with van der Waals surface area (Å²) in [5.41, 5.74) is 0. The van der Waals surface area contributed by atoms with Gasteiger partial charge in [0.25, 0.3) is 0 Å². The monoisotopic (exact) mass is 241 g/mol. The van der Waals surface area contributed by atoms with Crippen LogP contribution in [0.3, 0.4) is 0 Å². The molecule has 0 radical (unpaired) electrons. The van der Waals surface area contributed by atoms with Gasteiger partial charge in [0.1, 0.15) is 0 Å². The van der Waals surface area contributed by atoms with Gasteiger partial charge in [0.2, 0.25) is 0 Å². The predicted octanol–water partition coefficient (Wildman–Crippen LogP) is 1.72. The molecule has 1 aliphatic heterocycles. The van der Waals surface area contributed by atoms with Crippen LogP contribution in [0.2, 0.25) is 0 Å². The smallest absolute Gasteiger partial charge is 0.410 e. The average Bonchev–Trinajstić information content (AvgIpc) is 2.83. The summed E-state index contributed by atoms with van der Waals surface area (Å²) in [4.78, 5) is 24.2. The van der Waals surface area contributed by atoms with E-state index < -0.39 is 12.1 Å². The van der Waals surface area contributed by atoms with Gasteiger partial charge in [-0.2, -0.15) is 0 Å². The van der Waals surface area contributed by atoms with Gasteiger partial charge < -0.3 is 14.7 Å². The molecule has 1 unspecified atom stereocenters. The summed E-state index contributed by atoms with van der Waals surface area (Å²) in [6.45, 7) is 0.642. The van der Waals surface area contributed by atoms with E-state index in [0.29, 0.717) is 6.54 Å². The van der Waals surface area contributed by atoms with Crippen LogP contribution >= 0.6 is 11.3 Å². The molecule has 1 aromatic rings. The van der Waals surface area contributed by atoms with Gasteiger partial charge in [-0.15, -0.1) is 11.3 Å². The van der Waals surface area contributed by atoms with E-state index >= 15 is 0 Å². The van der Waals surface area contributed by atoms with Gasteiger partial charge in [-0.1, -0.05) is 6.07 Å². The van der Waals surface area contributed by atoms with Gasteiger partial charge in [0.15, 0.2) is 6.10 Å². The maximum Gasteiger partial charge on any atom is 0.410 e. The largest absolute Gasteiger partial charge is 0.481 e. The van der Waals surface area contributed by atoms with Crippen molar-refractivity contribution in [2.45, 2.75) is 12.5 Å². The molecule has 86 valence electrons. The second-order valence-corrected chi connectivity index (χ2v) is 4.46. The second kappa shape index (κ2) is 4.52. The summed E-state index contributed by atoms with van der Waals surface area (Å²) < 4.78 is 5.16. The Kier molecular flexibility index (Phi) is 3.09. The molecule has 0 bridgehead atoms. The molecule has 2 heterocycles. The Labute approximate surface area is 96.2 Å². The minimum atomic E-state index is -0.910. The Morgan fingerprint density at radius 3 is 3.12 bits per heavy atom. The number of aliphatic carboxylic acids is 1. The van der Waals surface area contributed by atoms with E-state index in [1.54, 1.807) is 0 Å². The highest BCUT2D eigenvalue weighted by molar-refractivity contribution is 7.10. The number of amides is 1. The zero-order valence-electron chi connectivity index (χ0n) is 8.46. The molecule has 0 spiro atoms. The number of nitrogens with zero attached hydrogens (tertiary/aromatic N) is 1. The fourth-order valence-corrected chi connectivity index (χ4v) is 2.29. The van der Waals surface area contributed by atoms with Crippen molar-refractivity contribution in [3.05, 3.63) is 22.4 Å². The van der Waals surface area contributed by atoms with Gasteiger partial charge in [-0.05, 0) is 11.4 Å². The van der Waals surface area contributed by atoms with Crippen LogP contribution in [-0.2, 0) is 9.53 Å². The highest BCUT2D eigenvalue weighted by Crippen LogP contribution is 2.29. The molecule has 0 aliphatic carbocycles. The molecule has 1 saturated heterocycles. The van der Waals surface area contributed by atoms with Gasteiger partial charge in [-0.25, -0.2) is 4.79 Å². The summed E-state index contributed by atoms with van der Waals surface area (Å²) in [7, 11) is 0. The fourth-order valence-electron chi connectivity index (χ4n) is 1.54. The summed E-state index contributed by atoms with van der Waals surface area (Å²) in [5, 5.41) is 10.5. The lowest BCUT2D eigenvalue weighted by Gasteiger charge is -2.10. The minimum absolute atomic E-state index is 0.0493. The number of carboxylic acids is 1. The third-order valence-corrected chi connectivity index (χ3v) is 3.31. The SMILES string of the molecule is O=C(O)CCN1CC(c2cccs2)OC1=O. The summed E-state index contributed by atoms with van der Waals surface area (Å²) >= 11 is 1.53. The van der Waals surface area contributed by atoms with Crippen LogP contribution in [0, 0.1) is 0 Å². The van der Waals surface area contributed by atoms with Crippen LogP contribution in [0.4, 0.5) is 4.79 Å². The molecule has 1 fully saturated rings. The predicted molar refractivity (Wildman–Crippen MR) is 57.4 cm³/mol. The molecule has 1 aliphatic rings. The van der Waals surface area contributed by atoms with Crippen LogP contribution in [-0.4, -0.2) is 35.2 Å². The summed E-state index contributed by atoms with van der Waals surface area (Å²) in [5.74, 6) is -0.910. The van der Waals surface area contributed by atoms with Crippen molar-refractivity contribution in [1.29, 1.82) is 0 Å². The third kappa shape index (κ3) is 2.33. The normalized spacial score (nSPS) is 19.9. The van der Waals surface area contributed by atoms with Crippen LogP contribution in [0.1, 0.15) is 17.4 Å².